The predicted molar refractivity (Wildman–Crippen MR) is 114 cm³/mol. The van der Waals surface area contributed by atoms with Gasteiger partial charge in [-0.15, -0.1) is 0 Å². The van der Waals surface area contributed by atoms with Gasteiger partial charge in [-0.2, -0.15) is 4.31 Å². The summed E-state index contributed by atoms with van der Waals surface area (Å²) in [4.78, 5) is 13.0. The lowest BCUT2D eigenvalue weighted by molar-refractivity contribution is 0.102. The molecule has 7 heteroatoms. The molecule has 0 saturated carbocycles. The molecule has 3 rings (SSSR count). The van der Waals surface area contributed by atoms with Crippen LogP contribution < -0.4 is 10.1 Å². The molecule has 0 atom stereocenters. The first kappa shape index (κ1) is 21.3. The van der Waals surface area contributed by atoms with Crippen molar-refractivity contribution in [1.29, 1.82) is 0 Å². The standard InChI is InChI=1S/C22H28N2O4S/c1-16-8-11-20(28-3)19(14-16)23-22(25)18-10-9-17(2)21(15-18)29(26,27)24-12-6-4-5-7-13-24/h8-11,14-15H,4-7,12-13H2,1-3H3,(H,23,25). The third kappa shape index (κ3) is 4.79. The quantitative estimate of drug-likeness (QED) is 0.795. The maximum Gasteiger partial charge on any atom is 0.255 e. The van der Waals surface area contributed by atoms with Gasteiger partial charge in [0.05, 0.1) is 17.7 Å². The number of nitrogens with one attached hydrogen (secondary N) is 1. The predicted octanol–water partition coefficient (Wildman–Crippen LogP) is 4.13. The van der Waals surface area contributed by atoms with E-state index in [9.17, 15) is 13.2 Å². The minimum absolute atomic E-state index is 0.197. The summed E-state index contributed by atoms with van der Waals surface area (Å²) in [6.07, 6.45) is 3.83. The normalized spacial score (nSPS) is 15.6. The number of benzene rings is 2. The molecule has 0 radical (unpaired) electrons. The lowest BCUT2D eigenvalue weighted by Crippen LogP contribution is -2.32. The Morgan fingerprint density at radius 3 is 2.34 bits per heavy atom. The maximum absolute atomic E-state index is 13.2. The fraction of sp³-hybridized carbons (Fsp3) is 0.409. The highest BCUT2D eigenvalue weighted by Crippen LogP contribution is 2.27. The maximum atomic E-state index is 13.2. The number of nitrogens with zero attached hydrogens (tertiary/aromatic N) is 1. The molecular formula is C22H28N2O4S. The summed E-state index contributed by atoms with van der Waals surface area (Å²) in [5.41, 5.74) is 2.47. The average molecular weight is 417 g/mol. The number of methoxy groups -OCH3 is 1. The van der Waals surface area contributed by atoms with E-state index >= 15 is 0 Å². The number of carbonyl (C=O) groups excluding carboxylic acids is 1. The van der Waals surface area contributed by atoms with Gasteiger partial charge in [0.25, 0.3) is 5.91 Å². The third-order valence-electron chi connectivity index (χ3n) is 5.24. The van der Waals surface area contributed by atoms with Crippen LogP contribution in [0.25, 0.3) is 0 Å². The minimum Gasteiger partial charge on any atom is -0.495 e. The summed E-state index contributed by atoms with van der Waals surface area (Å²) in [6.45, 7) is 4.74. The Morgan fingerprint density at radius 2 is 1.69 bits per heavy atom. The van der Waals surface area contributed by atoms with E-state index in [0.717, 1.165) is 31.2 Å². The summed E-state index contributed by atoms with van der Waals surface area (Å²) >= 11 is 0. The summed E-state index contributed by atoms with van der Waals surface area (Å²) in [7, 11) is -2.10. The van der Waals surface area contributed by atoms with Crippen LogP contribution in [0, 0.1) is 13.8 Å². The van der Waals surface area contributed by atoms with Crippen molar-refractivity contribution >= 4 is 21.6 Å². The van der Waals surface area contributed by atoms with Crippen LogP contribution in [0.4, 0.5) is 5.69 Å². The van der Waals surface area contributed by atoms with Crippen LogP contribution >= 0.6 is 0 Å². The molecule has 6 nitrogen and oxygen atoms in total. The van der Waals surface area contributed by atoms with Crippen molar-refractivity contribution in [2.45, 2.75) is 44.4 Å². The van der Waals surface area contributed by atoms with E-state index in [1.165, 1.54) is 13.2 Å². The number of rotatable bonds is 5. The molecule has 1 saturated heterocycles. The molecule has 2 aromatic rings. The number of aryl methyl sites for hydroxylation is 2. The van der Waals surface area contributed by atoms with E-state index in [2.05, 4.69) is 5.32 Å². The van der Waals surface area contributed by atoms with Gasteiger partial charge in [-0.25, -0.2) is 8.42 Å². The van der Waals surface area contributed by atoms with Crippen molar-refractivity contribution in [2.24, 2.45) is 0 Å². The summed E-state index contributed by atoms with van der Waals surface area (Å²) < 4.78 is 33.3. The van der Waals surface area contributed by atoms with Crippen molar-refractivity contribution in [2.75, 3.05) is 25.5 Å². The van der Waals surface area contributed by atoms with Gasteiger partial charge in [-0.3, -0.25) is 4.79 Å². The number of anilines is 1. The van der Waals surface area contributed by atoms with Gasteiger partial charge in [0.1, 0.15) is 5.75 Å². The Kier molecular flexibility index (Phi) is 6.59. The van der Waals surface area contributed by atoms with Crippen LogP contribution in [-0.2, 0) is 10.0 Å². The van der Waals surface area contributed by atoms with Gasteiger partial charge in [0, 0.05) is 18.7 Å². The van der Waals surface area contributed by atoms with Gasteiger partial charge in [0.2, 0.25) is 10.0 Å². The summed E-state index contributed by atoms with van der Waals surface area (Å²) in [5.74, 6) is 0.176. The first-order valence-corrected chi connectivity index (χ1v) is 11.3. The second kappa shape index (κ2) is 8.97. The van der Waals surface area contributed by atoms with Crippen LogP contribution in [0.3, 0.4) is 0 Å². The highest BCUT2D eigenvalue weighted by Gasteiger charge is 2.27. The molecule has 0 spiro atoms. The monoisotopic (exact) mass is 416 g/mol. The molecule has 156 valence electrons. The molecule has 29 heavy (non-hydrogen) atoms. The lowest BCUT2D eigenvalue weighted by Gasteiger charge is -2.21. The third-order valence-corrected chi connectivity index (χ3v) is 7.28. The SMILES string of the molecule is COc1ccc(C)cc1NC(=O)c1ccc(C)c(S(=O)(=O)N2CCCCCC2)c1. The zero-order chi connectivity index (χ0) is 21.0. The van der Waals surface area contributed by atoms with E-state index in [1.807, 2.05) is 19.1 Å². The molecule has 1 fully saturated rings. The molecule has 1 aliphatic rings. The van der Waals surface area contributed by atoms with Gasteiger partial charge in [-0.1, -0.05) is 25.0 Å². The van der Waals surface area contributed by atoms with E-state index in [-0.39, 0.29) is 10.8 Å². The highest BCUT2D eigenvalue weighted by molar-refractivity contribution is 7.89. The zero-order valence-electron chi connectivity index (χ0n) is 17.2. The van der Waals surface area contributed by atoms with Crippen LogP contribution in [0.5, 0.6) is 5.75 Å². The van der Waals surface area contributed by atoms with Crippen LogP contribution in [0.2, 0.25) is 0 Å². The topological polar surface area (TPSA) is 75.7 Å². The second-order valence-electron chi connectivity index (χ2n) is 7.46. The fourth-order valence-electron chi connectivity index (χ4n) is 3.55. The van der Waals surface area contributed by atoms with Crippen molar-refractivity contribution in [3.8, 4) is 5.75 Å². The van der Waals surface area contributed by atoms with E-state index in [1.54, 1.807) is 29.4 Å². The Bertz CT molecular complexity index is 994. The van der Waals surface area contributed by atoms with Crippen LogP contribution in [-0.4, -0.2) is 38.8 Å². The Labute approximate surface area is 172 Å². The number of sulfonamides is 1. The number of hydrogen-bond acceptors (Lipinski definition) is 4. The fourth-order valence-corrected chi connectivity index (χ4v) is 5.32. The molecule has 0 bridgehead atoms. The van der Waals surface area contributed by atoms with E-state index in [0.29, 0.717) is 35.7 Å². The number of hydrogen-bond donors (Lipinski definition) is 1. The first-order valence-electron chi connectivity index (χ1n) is 9.90. The zero-order valence-corrected chi connectivity index (χ0v) is 18.0. The van der Waals surface area contributed by atoms with E-state index in [4.69, 9.17) is 4.74 Å². The molecule has 1 heterocycles. The van der Waals surface area contributed by atoms with Crippen LogP contribution in [0.1, 0.15) is 47.2 Å². The molecule has 1 amide bonds. The van der Waals surface area contributed by atoms with Gasteiger partial charge >= 0.3 is 0 Å². The van der Waals surface area contributed by atoms with Crippen LogP contribution in [0.15, 0.2) is 41.3 Å². The Balaban J connectivity index is 1.90. The molecule has 1 N–H and O–H groups in total. The molecule has 1 aliphatic heterocycles. The molecule has 0 unspecified atom stereocenters. The molecular weight excluding hydrogens is 388 g/mol. The molecule has 0 aliphatic carbocycles. The number of ether oxygens (including phenoxy) is 1. The average Bonchev–Trinajstić information content (AvgIpc) is 2.98. The Morgan fingerprint density at radius 1 is 1.00 bits per heavy atom. The number of carbonyl (C=O) groups is 1. The smallest absolute Gasteiger partial charge is 0.255 e. The van der Waals surface area contributed by atoms with Gasteiger partial charge < -0.3 is 10.1 Å². The Hall–Kier alpha value is -2.38. The van der Waals surface area contributed by atoms with E-state index < -0.39 is 10.0 Å². The minimum atomic E-state index is -3.64. The van der Waals surface area contributed by atoms with Crippen molar-refractivity contribution in [3.63, 3.8) is 0 Å². The highest BCUT2D eigenvalue weighted by atomic mass is 32.2. The van der Waals surface area contributed by atoms with Gasteiger partial charge in [0.15, 0.2) is 0 Å². The molecule has 2 aromatic carbocycles. The van der Waals surface area contributed by atoms with Gasteiger partial charge in [-0.05, 0) is 62.1 Å². The summed E-state index contributed by atoms with van der Waals surface area (Å²) in [6, 6.07) is 10.3. The van der Waals surface area contributed by atoms with Crippen molar-refractivity contribution in [3.05, 3.63) is 53.1 Å². The van der Waals surface area contributed by atoms with Crippen molar-refractivity contribution in [1.82, 2.24) is 4.31 Å². The summed E-state index contributed by atoms with van der Waals surface area (Å²) in [5, 5.41) is 2.83. The lowest BCUT2D eigenvalue weighted by atomic mass is 10.1. The number of amides is 1. The molecule has 0 aromatic heterocycles. The second-order valence-corrected chi connectivity index (χ2v) is 9.36. The first-order chi connectivity index (χ1) is 13.8. The van der Waals surface area contributed by atoms with Crippen molar-refractivity contribution < 1.29 is 17.9 Å². The largest absolute Gasteiger partial charge is 0.495 e.